The van der Waals surface area contributed by atoms with Gasteiger partial charge >= 0.3 is 5.97 Å². The lowest BCUT2D eigenvalue weighted by molar-refractivity contribution is -0.271. The van der Waals surface area contributed by atoms with Crippen molar-refractivity contribution < 1.29 is 24.2 Å². The number of benzene rings is 1. The van der Waals surface area contributed by atoms with Crippen molar-refractivity contribution >= 4 is 11.7 Å². The number of unbranched alkanes of at least 4 members (excludes halogenated alkanes) is 1. The highest BCUT2D eigenvalue weighted by atomic mass is 16.7. The Kier molecular flexibility index (Phi) is 7.63. The molecule has 6 heteroatoms. The Balaban J connectivity index is 1.55. The van der Waals surface area contributed by atoms with Crippen LogP contribution in [0, 0.1) is 5.92 Å². The molecule has 0 atom stereocenters. The second-order valence-electron chi connectivity index (χ2n) is 6.71. The summed E-state index contributed by atoms with van der Waals surface area (Å²) < 4.78 is 10.7. The van der Waals surface area contributed by atoms with Crippen molar-refractivity contribution in [3.63, 3.8) is 0 Å². The van der Waals surface area contributed by atoms with Crippen molar-refractivity contribution in [3.05, 3.63) is 42.0 Å². The van der Waals surface area contributed by atoms with E-state index in [9.17, 15) is 4.79 Å². The maximum atomic E-state index is 11.0. The molecule has 0 saturated carbocycles. The van der Waals surface area contributed by atoms with Crippen LogP contribution in [0.2, 0.25) is 0 Å². The Labute approximate surface area is 155 Å². The van der Waals surface area contributed by atoms with Gasteiger partial charge in [0.1, 0.15) is 0 Å². The predicted octanol–water partition coefficient (Wildman–Crippen LogP) is 3.38. The van der Waals surface area contributed by atoms with Crippen LogP contribution in [0.4, 0.5) is 0 Å². The van der Waals surface area contributed by atoms with Crippen LogP contribution in [-0.4, -0.2) is 36.7 Å². The molecule has 1 fully saturated rings. The largest absolute Gasteiger partial charge is 0.477 e. The molecule has 0 radical (unpaired) electrons. The lowest BCUT2D eigenvalue weighted by Crippen LogP contribution is -2.47. The monoisotopic (exact) mass is 363 g/mol. The van der Waals surface area contributed by atoms with Gasteiger partial charge in [0.15, 0.2) is 0 Å². The standard InChI is InChI=1S/C20H29NO5/c1-4-16-8-10-18(11-9-16)15(2)21-26-12-6-5-7-17-13-24-20(3,19(22)23)25-14-17/h8-11,17,21H,2,4-7,12-14H2,1,3H3,(H,22,23). The number of aryl methyl sites for hydroxylation is 1. The van der Waals surface area contributed by atoms with Crippen LogP contribution in [-0.2, 0) is 25.5 Å². The topological polar surface area (TPSA) is 77.0 Å². The number of aliphatic carboxylic acids is 1. The molecule has 0 bridgehead atoms. The summed E-state index contributed by atoms with van der Waals surface area (Å²) in [4.78, 5) is 16.5. The summed E-state index contributed by atoms with van der Waals surface area (Å²) in [6.07, 6.45) is 3.78. The molecule has 1 aliphatic rings. The molecule has 144 valence electrons. The number of hydroxylamine groups is 1. The second kappa shape index (κ2) is 9.71. The molecule has 0 aliphatic carbocycles. The van der Waals surface area contributed by atoms with Crippen LogP contribution in [0.15, 0.2) is 30.8 Å². The molecule has 2 rings (SSSR count). The summed E-state index contributed by atoms with van der Waals surface area (Å²) in [6.45, 7) is 8.94. The number of hydrogen-bond donors (Lipinski definition) is 2. The Bertz CT molecular complexity index is 591. The first-order chi connectivity index (χ1) is 12.4. The van der Waals surface area contributed by atoms with Gasteiger partial charge in [-0.25, -0.2) is 4.79 Å². The normalized spacial score (nSPS) is 22.8. The minimum Gasteiger partial charge on any atom is -0.477 e. The summed E-state index contributed by atoms with van der Waals surface area (Å²) in [5.41, 5.74) is 5.94. The van der Waals surface area contributed by atoms with E-state index in [1.54, 1.807) is 0 Å². The first kappa shape index (κ1) is 20.4. The fraction of sp³-hybridized carbons (Fsp3) is 0.550. The highest BCUT2D eigenvalue weighted by Gasteiger charge is 2.40. The first-order valence-corrected chi connectivity index (χ1v) is 9.12. The number of carboxylic acid groups (broad SMARTS) is 1. The zero-order valence-corrected chi connectivity index (χ0v) is 15.6. The number of hydrogen-bond acceptors (Lipinski definition) is 5. The average molecular weight is 363 g/mol. The molecule has 0 amide bonds. The summed E-state index contributed by atoms with van der Waals surface area (Å²) in [5, 5.41) is 9.03. The number of carbonyl (C=O) groups is 1. The Hall–Kier alpha value is -1.89. The smallest absolute Gasteiger partial charge is 0.364 e. The lowest BCUT2D eigenvalue weighted by Gasteiger charge is -2.34. The van der Waals surface area contributed by atoms with Gasteiger partial charge in [-0.1, -0.05) is 44.2 Å². The van der Waals surface area contributed by atoms with Gasteiger partial charge in [-0.3, -0.25) is 10.3 Å². The maximum Gasteiger partial charge on any atom is 0.364 e. The van der Waals surface area contributed by atoms with Crippen LogP contribution >= 0.6 is 0 Å². The van der Waals surface area contributed by atoms with Gasteiger partial charge in [0.2, 0.25) is 0 Å². The van der Waals surface area contributed by atoms with Gasteiger partial charge in [-0.2, -0.15) is 0 Å². The molecule has 0 unspecified atom stereocenters. The summed E-state index contributed by atoms with van der Waals surface area (Å²) in [7, 11) is 0. The van der Waals surface area contributed by atoms with Crippen molar-refractivity contribution in [1.82, 2.24) is 5.48 Å². The van der Waals surface area contributed by atoms with E-state index < -0.39 is 11.8 Å². The first-order valence-electron chi connectivity index (χ1n) is 9.12. The summed E-state index contributed by atoms with van der Waals surface area (Å²) in [5.74, 6) is -2.36. The van der Waals surface area contributed by atoms with E-state index >= 15 is 0 Å². The fourth-order valence-corrected chi connectivity index (χ4v) is 2.68. The summed E-state index contributed by atoms with van der Waals surface area (Å²) in [6, 6.07) is 8.24. The van der Waals surface area contributed by atoms with Crippen LogP contribution < -0.4 is 5.48 Å². The second-order valence-corrected chi connectivity index (χ2v) is 6.71. The molecule has 0 aromatic heterocycles. The Morgan fingerprint density at radius 1 is 1.31 bits per heavy atom. The minimum absolute atomic E-state index is 0.224. The summed E-state index contributed by atoms with van der Waals surface area (Å²) >= 11 is 0. The third-order valence-corrected chi connectivity index (χ3v) is 4.59. The number of rotatable bonds is 10. The lowest BCUT2D eigenvalue weighted by atomic mass is 10.0. The van der Waals surface area contributed by atoms with Crippen molar-refractivity contribution in [2.45, 2.75) is 45.3 Å². The fourth-order valence-electron chi connectivity index (χ4n) is 2.68. The molecule has 1 saturated heterocycles. The van der Waals surface area contributed by atoms with E-state index in [0.29, 0.717) is 19.8 Å². The van der Waals surface area contributed by atoms with E-state index in [1.165, 1.54) is 12.5 Å². The molecule has 1 heterocycles. The zero-order valence-electron chi connectivity index (χ0n) is 15.6. The van der Waals surface area contributed by atoms with Crippen molar-refractivity contribution in [2.75, 3.05) is 19.8 Å². The molecule has 2 N–H and O–H groups in total. The van der Waals surface area contributed by atoms with E-state index in [2.05, 4.69) is 31.1 Å². The molecular weight excluding hydrogens is 334 g/mol. The molecule has 1 aromatic rings. The predicted molar refractivity (Wildman–Crippen MR) is 99.2 cm³/mol. The Morgan fingerprint density at radius 2 is 1.96 bits per heavy atom. The van der Waals surface area contributed by atoms with E-state index in [-0.39, 0.29) is 5.92 Å². The van der Waals surface area contributed by atoms with Crippen molar-refractivity contribution in [3.8, 4) is 0 Å². The average Bonchev–Trinajstić information content (AvgIpc) is 2.65. The molecule has 1 aliphatic heterocycles. The highest BCUT2D eigenvalue weighted by Crippen LogP contribution is 2.24. The van der Waals surface area contributed by atoms with Crippen LogP contribution in [0.5, 0.6) is 0 Å². The van der Waals surface area contributed by atoms with Gasteiger partial charge in [0.25, 0.3) is 5.79 Å². The minimum atomic E-state index is -1.50. The number of nitrogens with one attached hydrogen (secondary N) is 1. The van der Waals surface area contributed by atoms with Crippen molar-refractivity contribution in [1.29, 1.82) is 0 Å². The number of carboxylic acids is 1. The van der Waals surface area contributed by atoms with E-state index in [0.717, 1.165) is 36.9 Å². The quantitative estimate of drug-likeness (QED) is 0.490. The molecule has 0 spiro atoms. The maximum absolute atomic E-state index is 11.0. The van der Waals surface area contributed by atoms with Crippen molar-refractivity contribution in [2.24, 2.45) is 5.92 Å². The molecule has 6 nitrogen and oxygen atoms in total. The van der Waals surface area contributed by atoms with Gasteiger partial charge in [-0.15, -0.1) is 0 Å². The molecular formula is C20H29NO5. The zero-order chi connectivity index (χ0) is 19.0. The third-order valence-electron chi connectivity index (χ3n) is 4.59. The third kappa shape index (κ3) is 5.83. The van der Waals surface area contributed by atoms with Crippen LogP contribution in [0.3, 0.4) is 0 Å². The highest BCUT2D eigenvalue weighted by molar-refractivity contribution is 5.75. The SMILES string of the molecule is C=C(NOCCCCC1COC(C)(C(=O)O)OC1)c1ccc(CC)cc1. The number of ether oxygens (including phenoxy) is 2. The van der Waals surface area contributed by atoms with E-state index in [1.807, 2.05) is 12.1 Å². The van der Waals surface area contributed by atoms with Crippen LogP contribution in [0.1, 0.15) is 44.2 Å². The Morgan fingerprint density at radius 3 is 2.54 bits per heavy atom. The molecule has 26 heavy (non-hydrogen) atoms. The van der Waals surface area contributed by atoms with Gasteiger partial charge in [0, 0.05) is 12.8 Å². The van der Waals surface area contributed by atoms with Gasteiger partial charge < -0.3 is 14.6 Å². The van der Waals surface area contributed by atoms with Crippen LogP contribution in [0.25, 0.3) is 5.70 Å². The van der Waals surface area contributed by atoms with E-state index in [4.69, 9.17) is 19.4 Å². The van der Waals surface area contributed by atoms with Gasteiger partial charge in [0.05, 0.1) is 25.5 Å². The molecule has 1 aromatic carbocycles. The van der Waals surface area contributed by atoms with Gasteiger partial charge in [-0.05, 0) is 30.4 Å².